The number of rotatable bonds is 4. The van der Waals surface area contributed by atoms with Gasteiger partial charge in [-0.2, -0.15) is 0 Å². The van der Waals surface area contributed by atoms with Gasteiger partial charge in [0.05, 0.1) is 18.4 Å². The van der Waals surface area contributed by atoms with Crippen molar-refractivity contribution in [2.24, 2.45) is 17.3 Å². The zero-order chi connectivity index (χ0) is 14.2. The fourth-order valence-corrected chi connectivity index (χ4v) is 2.94. The van der Waals surface area contributed by atoms with Crippen molar-refractivity contribution in [1.29, 1.82) is 0 Å². The Balaban J connectivity index is 1.82. The van der Waals surface area contributed by atoms with Gasteiger partial charge in [0.1, 0.15) is 0 Å². The Kier molecular flexibility index (Phi) is 3.52. The molecule has 1 aliphatic heterocycles. The summed E-state index contributed by atoms with van der Waals surface area (Å²) in [6, 6.07) is 0. The van der Waals surface area contributed by atoms with Gasteiger partial charge in [-0.05, 0) is 18.3 Å². The van der Waals surface area contributed by atoms with Gasteiger partial charge in [-0.1, -0.05) is 13.8 Å². The minimum atomic E-state index is -0.948. The topological polar surface area (TPSA) is 86.7 Å². The molecule has 6 heteroatoms. The second-order valence-electron chi connectivity index (χ2n) is 5.92. The van der Waals surface area contributed by atoms with Gasteiger partial charge in [0.25, 0.3) is 0 Å². The van der Waals surface area contributed by atoms with E-state index in [4.69, 9.17) is 5.11 Å². The molecule has 1 saturated heterocycles. The van der Waals surface area contributed by atoms with E-state index in [0.29, 0.717) is 0 Å². The lowest BCUT2D eigenvalue weighted by molar-refractivity contribution is -0.140. The van der Waals surface area contributed by atoms with Gasteiger partial charge in [0, 0.05) is 13.1 Å². The van der Waals surface area contributed by atoms with Crippen molar-refractivity contribution in [2.75, 3.05) is 19.6 Å². The predicted octanol–water partition coefficient (Wildman–Crippen LogP) is 0.0818. The number of nitrogens with zero attached hydrogens (tertiary/aromatic N) is 1. The molecule has 0 aromatic carbocycles. The highest BCUT2D eigenvalue weighted by atomic mass is 16.4. The number of hydrogen-bond acceptors (Lipinski definition) is 3. The fourth-order valence-electron chi connectivity index (χ4n) is 2.94. The summed E-state index contributed by atoms with van der Waals surface area (Å²) in [5.41, 5.74) is -0.521. The molecular formula is C13H20N2O4. The molecular weight excluding hydrogens is 248 g/mol. The van der Waals surface area contributed by atoms with E-state index in [1.54, 1.807) is 18.7 Å². The van der Waals surface area contributed by atoms with Crippen LogP contribution < -0.4 is 5.32 Å². The van der Waals surface area contributed by atoms with Crippen LogP contribution >= 0.6 is 0 Å². The van der Waals surface area contributed by atoms with E-state index in [0.717, 1.165) is 25.9 Å². The van der Waals surface area contributed by atoms with Crippen LogP contribution in [0.2, 0.25) is 0 Å². The Hall–Kier alpha value is -1.59. The normalized spacial score (nSPS) is 28.0. The first-order valence-corrected chi connectivity index (χ1v) is 6.64. The molecule has 0 spiro atoms. The molecule has 6 nitrogen and oxygen atoms in total. The van der Waals surface area contributed by atoms with Crippen molar-refractivity contribution >= 4 is 17.8 Å². The molecule has 2 amide bonds. The Morgan fingerprint density at radius 1 is 1.21 bits per heavy atom. The zero-order valence-electron chi connectivity index (χ0n) is 11.3. The summed E-state index contributed by atoms with van der Waals surface area (Å²) in [5, 5.41) is 11.6. The summed E-state index contributed by atoms with van der Waals surface area (Å²) in [4.78, 5) is 36.4. The number of nitrogens with one attached hydrogen (secondary N) is 1. The van der Waals surface area contributed by atoms with Gasteiger partial charge < -0.3 is 15.3 Å². The molecule has 2 fully saturated rings. The van der Waals surface area contributed by atoms with Gasteiger partial charge in [0.2, 0.25) is 11.8 Å². The smallest absolute Gasteiger partial charge is 0.307 e. The van der Waals surface area contributed by atoms with Crippen LogP contribution in [0.4, 0.5) is 0 Å². The summed E-state index contributed by atoms with van der Waals surface area (Å²) in [5.74, 6) is -2.54. The summed E-state index contributed by atoms with van der Waals surface area (Å²) < 4.78 is 0. The molecule has 2 aliphatic rings. The van der Waals surface area contributed by atoms with Gasteiger partial charge in [-0.25, -0.2) is 0 Å². The molecule has 1 saturated carbocycles. The molecule has 0 aromatic heterocycles. The number of likely N-dealkylation sites (tertiary alicyclic amines) is 1. The van der Waals surface area contributed by atoms with E-state index in [9.17, 15) is 14.4 Å². The maximum atomic E-state index is 11.9. The number of carboxylic acids is 1. The molecule has 0 unspecified atom stereocenters. The first-order valence-electron chi connectivity index (χ1n) is 6.64. The second kappa shape index (κ2) is 4.83. The lowest BCUT2D eigenvalue weighted by atomic mass is 10.1. The van der Waals surface area contributed by atoms with E-state index < -0.39 is 23.2 Å². The van der Waals surface area contributed by atoms with E-state index in [1.165, 1.54) is 0 Å². The highest BCUT2D eigenvalue weighted by Crippen LogP contribution is 2.58. The van der Waals surface area contributed by atoms with Crippen molar-refractivity contribution in [2.45, 2.75) is 26.7 Å². The Morgan fingerprint density at radius 3 is 2.26 bits per heavy atom. The Morgan fingerprint density at radius 2 is 1.79 bits per heavy atom. The maximum Gasteiger partial charge on any atom is 0.307 e. The highest BCUT2D eigenvalue weighted by Gasteiger charge is 2.65. The van der Waals surface area contributed by atoms with Gasteiger partial charge >= 0.3 is 5.97 Å². The van der Waals surface area contributed by atoms with Crippen molar-refractivity contribution in [3.05, 3.63) is 0 Å². The first kappa shape index (κ1) is 13.8. The van der Waals surface area contributed by atoms with Crippen LogP contribution in [0.25, 0.3) is 0 Å². The van der Waals surface area contributed by atoms with E-state index in [2.05, 4.69) is 5.32 Å². The van der Waals surface area contributed by atoms with E-state index >= 15 is 0 Å². The lowest BCUT2D eigenvalue weighted by Crippen LogP contribution is -2.39. The molecule has 106 valence electrons. The minimum Gasteiger partial charge on any atom is -0.481 e. The molecule has 19 heavy (non-hydrogen) atoms. The van der Waals surface area contributed by atoms with Gasteiger partial charge in [0.15, 0.2) is 0 Å². The summed E-state index contributed by atoms with van der Waals surface area (Å²) >= 11 is 0. The molecule has 1 aliphatic carbocycles. The number of amides is 2. The third-order valence-corrected chi connectivity index (χ3v) is 4.25. The summed E-state index contributed by atoms with van der Waals surface area (Å²) in [6.45, 7) is 5.00. The van der Waals surface area contributed by atoms with Crippen molar-refractivity contribution in [1.82, 2.24) is 10.2 Å². The number of carbonyl (C=O) groups is 3. The molecule has 2 atom stereocenters. The van der Waals surface area contributed by atoms with Crippen LogP contribution in [0, 0.1) is 17.3 Å². The zero-order valence-corrected chi connectivity index (χ0v) is 11.3. The van der Waals surface area contributed by atoms with Gasteiger partial charge in [-0.15, -0.1) is 0 Å². The van der Waals surface area contributed by atoms with Crippen LogP contribution in [0.5, 0.6) is 0 Å². The van der Waals surface area contributed by atoms with Crippen LogP contribution in [0.1, 0.15) is 26.7 Å². The van der Waals surface area contributed by atoms with Crippen molar-refractivity contribution in [3.8, 4) is 0 Å². The summed E-state index contributed by atoms with van der Waals surface area (Å²) in [7, 11) is 0. The maximum absolute atomic E-state index is 11.9. The standard InChI is InChI=1S/C13H20N2O4/c1-13(2)9(10(13)12(18)19)11(17)14-7-8(16)15-5-3-4-6-15/h9-10H,3-7H2,1-2H3,(H,14,17)(H,18,19)/t9-,10+/m1/s1. The average Bonchev–Trinajstić information content (AvgIpc) is 2.74. The third-order valence-electron chi connectivity index (χ3n) is 4.25. The molecule has 0 aromatic rings. The quantitative estimate of drug-likeness (QED) is 0.756. The molecule has 0 bridgehead atoms. The first-order chi connectivity index (χ1) is 8.85. The Bertz CT molecular complexity index is 413. The number of carboxylic acid groups (broad SMARTS) is 1. The number of aliphatic carboxylic acids is 1. The van der Waals surface area contributed by atoms with Crippen molar-refractivity contribution in [3.63, 3.8) is 0 Å². The van der Waals surface area contributed by atoms with Crippen LogP contribution in [-0.2, 0) is 14.4 Å². The molecule has 2 N–H and O–H groups in total. The molecule has 0 radical (unpaired) electrons. The molecule has 1 heterocycles. The van der Waals surface area contributed by atoms with Crippen LogP contribution in [0.15, 0.2) is 0 Å². The Labute approximate surface area is 112 Å². The predicted molar refractivity (Wildman–Crippen MR) is 67.2 cm³/mol. The number of hydrogen-bond donors (Lipinski definition) is 2. The average molecular weight is 268 g/mol. The monoisotopic (exact) mass is 268 g/mol. The second-order valence-corrected chi connectivity index (χ2v) is 5.92. The van der Waals surface area contributed by atoms with E-state index in [-0.39, 0.29) is 18.4 Å². The molecule has 2 rings (SSSR count). The number of carbonyl (C=O) groups excluding carboxylic acids is 2. The fraction of sp³-hybridized carbons (Fsp3) is 0.769. The van der Waals surface area contributed by atoms with Crippen molar-refractivity contribution < 1.29 is 19.5 Å². The van der Waals surface area contributed by atoms with Gasteiger partial charge in [-0.3, -0.25) is 14.4 Å². The SMILES string of the molecule is CC1(C)[C@H](C(=O)O)[C@@H]1C(=O)NCC(=O)N1CCCC1. The van der Waals surface area contributed by atoms with Crippen LogP contribution in [0.3, 0.4) is 0 Å². The van der Waals surface area contributed by atoms with Crippen LogP contribution in [-0.4, -0.2) is 47.4 Å². The minimum absolute atomic E-state index is 0.0300. The van der Waals surface area contributed by atoms with E-state index in [1.807, 2.05) is 0 Å². The summed E-state index contributed by atoms with van der Waals surface area (Å²) in [6.07, 6.45) is 2.02. The largest absolute Gasteiger partial charge is 0.481 e. The third kappa shape index (κ3) is 2.57. The highest BCUT2D eigenvalue weighted by molar-refractivity contribution is 5.93. The lowest BCUT2D eigenvalue weighted by Gasteiger charge is -2.15.